The zero-order valence-corrected chi connectivity index (χ0v) is 12.9. The van der Waals surface area contributed by atoms with Gasteiger partial charge in [-0.15, -0.1) is 0 Å². The minimum Gasteiger partial charge on any atom is -0.481 e. The third-order valence-electron chi connectivity index (χ3n) is 3.69. The molecule has 0 aliphatic rings. The zero-order chi connectivity index (χ0) is 16.7. The van der Waals surface area contributed by atoms with Gasteiger partial charge in [-0.2, -0.15) is 0 Å². The van der Waals surface area contributed by atoms with E-state index in [0.717, 1.165) is 30.4 Å². The van der Waals surface area contributed by atoms with Crippen molar-refractivity contribution >= 4 is 11.9 Å². The van der Waals surface area contributed by atoms with Crippen molar-refractivity contribution in [1.82, 2.24) is 0 Å². The van der Waals surface area contributed by atoms with E-state index < -0.39 is 11.9 Å². The summed E-state index contributed by atoms with van der Waals surface area (Å²) in [5.41, 5.74) is 4.02. The fourth-order valence-corrected chi connectivity index (χ4v) is 2.49. The Kier molecular flexibility index (Phi) is 5.92. The van der Waals surface area contributed by atoms with Crippen LogP contribution >= 0.6 is 0 Å². The molecule has 120 valence electrons. The second kappa shape index (κ2) is 8.13. The van der Waals surface area contributed by atoms with E-state index in [2.05, 4.69) is 0 Å². The van der Waals surface area contributed by atoms with Crippen LogP contribution in [-0.4, -0.2) is 22.2 Å². The van der Waals surface area contributed by atoms with Crippen molar-refractivity contribution in [2.75, 3.05) is 0 Å². The molecule has 0 fully saturated rings. The molecule has 2 rings (SSSR count). The molecule has 2 aromatic carbocycles. The summed E-state index contributed by atoms with van der Waals surface area (Å²) in [6, 6.07) is 15.4. The molecular weight excluding hydrogens is 292 g/mol. The predicted molar refractivity (Wildman–Crippen MR) is 87.6 cm³/mol. The highest BCUT2D eigenvalue weighted by Crippen LogP contribution is 2.12. The Bertz CT molecular complexity index is 597. The first-order valence-corrected chi connectivity index (χ1v) is 7.62. The summed E-state index contributed by atoms with van der Waals surface area (Å²) < 4.78 is 0. The first-order valence-electron chi connectivity index (χ1n) is 7.62. The number of carboxylic acids is 2. The second-order valence-corrected chi connectivity index (χ2v) is 5.63. The normalized spacial score (nSPS) is 10.4. The molecule has 0 aliphatic carbocycles. The van der Waals surface area contributed by atoms with Crippen LogP contribution < -0.4 is 0 Å². The summed E-state index contributed by atoms with van der Waals surface area (Å²) in [6.45, 7) is 0. The standard InChI is InChI=1S/C19H20O4/c20-18(21)12-16-8-4-14(5-9-16)2-1-3-15-6-10-17(11-7-15)13-19(22)23/h4-11H,1-3,12-13H2,(H,20,21)(H,22,23). The Morgan fingerprint density at radius 2 is 0.913 bits per heavy atom. The van der Waals surface area contributed by atoms with Gasteiger partial charge in [-0.25, -0.2) is 0 Å². The molecule has 0 atom stereocenters. The van der Waals surface area contributed by atoms with E-state index in [-0.39, 0.29) is 12.8 Å². The lowest BCUT2D eigenvalue weighted by Crippen LogP contribution is -2.00. The molecule has 0 amide bonds. The number of rotatable bonds is 8. The Balaban J connectivity index is 1.80. The van der Waals surface area contributed by atoms with Gasteiger partial charge in [-0.05, 0) is 41.5 Å². The first-order chi connectivity index (χ1) is 11.0. The van der Waals surface area contributed by atoms with Crippen LogP contribution in [0.3, 0.4) is 0 Å². The molecule has 0 spiro atoms. The average Bonchev–Trinajstić information content (AvgIpc) is 2.50. The molecule has 0 saturated carbocycles. The summed E-state index contributed by atoms with van der Waals surface area (Å²) in [6.07, 6.45) is 2.98. The summed E-state index contributed by atoms with van der Waals surface area (Å²) in [4.78, 5) is 21.3. The summed E-state index contributed by atoms with van der Waals surface area (Å²) >= 11 is 0. The molecule has 4 heteroatoms. The van der Waals surface area contributed by atoms with Crippen LogP contribution in [0.25, 0.3) is 0 Å². The van der Waals surface area contributed by atoms with E-state index in [1.54, 1.807) is 0 Å². The fourth-order valence-electron chi connectivity index (χ4n) is 2.49. The van der Waals surface area contributed by atoms with E-state index >= 15 is 0 Å². The van der Waals surface area contributed by atoms with Gasteiger partial charge in [0.2, 0.25) is 0 Å². The van der Waals surface area contributed by atoms with E-state index in [9.17, 15) is 9.59 Å². The van der Waals surface area contributed by atoms with Crippen molar-refractivity contribution in [3.8, 4) is 0 Å². The van der Waals surface area contributed by atoms with Crippen molar-refractivity contribution in [2.45, 2.75) is 32.1 Å². The quantitative estimate of drug-likeness (QED) is 0.785. The maximum absolute atomic E-state index is 10.6. The topological polar surface area (TPSA) is 74.6 Å². The van der Waals surface area contributed by atoms with Gasteiger partial charge in [0.1, 0.15) is 0 Å². The van der Waals surface area contributed by atoms with Crippen LogP contribution in [-0.2, 0) is 35.3 Å². The maximum Gasteiger partial charge on any atom is 0.307 e. The predicted octanol–water partition coefficient (Wildman–Crippen LogP) is 3.12. The highest BCUT2D eigenvalue weighted by Gasteiger charge is 2.02. The smallest absolute Gasteiger partial charge is 0.307 e. The van der Waals surface area contributed by atoms with E-state index in [4.69, 9.17) is 10.2 Å². The first kappa shape index (κ1) is 16.7. The number of benzene rings is 2. The van der Waals surface area contributed by atoms with Crippen molar-refractivity contribution < 1.29 is 19.8 Å². The molecule has 2 N–H and O–H groups in total. The number of carboxylic acid groups (broad SMARTS) is 2. The SMILES string of the molecule is O=C(O)Cc1ccc(CCCc2ccc(CC(=O)O)cc2)cc1. The monoisotopic (exact) mass is 312 g/mol. The summed E-state index contributed by atoms with van der Waals surface area (Å²) in [5.74, 6) is -1.63. The minimum absolute atomic E-state index is 0.0585. The molecule has 0 heterocycles. The van der Waals surface area contributed by atoms with Gasteiger partial charge >= 0.3 is 11.9 Å². The van der Waals surface area contributed by atoms with Crippen LogP contribution in [0.15, 0.2) is 48.5 Å². The van der Waals surface area contributed by atoms with Gasteiger partial charge in [-0.3, -0.25) is 9.59 Å². The van der Waals surface area contributed by atoms with E-state index in [1.165, 1.54) is 11.1 Å². The third-order valence-corrected chi connectivity index (χ3v) is 3.69. The Hall–Kier alpha value is -2.62. The lowest BCUT2D eigenvalue weighted by atomic mass is 10.0. The average molecular weight is 312 g/mol. The van der Waals surface area contributed by atoms with Gasteiger partial charge in [0, 0.05) is 0 Å². The Morgan fingerprint density at radius 3 is 1.22 bits per heavy atom. The van der Waals surface area contributed by atoms with Crippen LogP contribution in [0, 0.1) is 0 Å². The lowest BCUT2D eigenvalue weighted by molar-refractivity contribution is -0.137. The van der Waals surface area contributed by atoms with Crippen molar-refractivity contribution in [3.05, 3.63) is 70.8 Å². The van der Waals surface area contributed by atoms with Gasteiger partial charge in [0.25, 0.3) is 0 Å². The molecule has 0 unspecified atom stereocenters. The largest absolute Gasteiger partial charge is 0.481 e. The fraction of sp³-hybridized carbons (Fsp3) is 0.263. The molecule has 2 aromatic rings. The van der Waals surface area contributed by atoms with Crippen LogP contribution in [0.5, 0.6) is 0 Å². The molecule has 23 heavy (non-hydrogen) atoms. The van der Waals surface area contributed by atoms with Gasteiger partial charge in [-0.1, -0.05) is 48.5 Å². The third kappa shape index (κ3) is 5.94. The highest BCUT2D eigenvalue weighted by molar-refractivity contribution is 5.70. The number of carbonyl (C=O) groups is 2. The van der Waals surface area contributed by atoms with Gasteiger partial charge in [0.15, 0.2) is 0 Å². The minimum atomic E-state index is -0.816. The van der Waals surface area contributed by atoms with Crippen LogP contribution in [0.4, 0.5) is 0 Å². The number of hydrogen-bond donors (Lipinski definition) is 2. The Labute approximate surface area is 135 Å². The highest BCUT2D eigenvalue weighted by atomic mass is 16.4. The molecular formula is C19H20O4. The maximum atomic E-state index is 10.6. The number of aliphatic carboxylic acids is 2. The van der Waals surface area contributed by atoms with Crippen molar-refractivity contribution in [2.24, 2.45) is 0 Å². The Morgan fingerprint density at radius 1 is 0.609 bits per heavy atom. The molecule has 0 bridgehead atoms. The summed E-state index contributed by atoms with van der Waals surface area (Å²) in [7, 11) is 0. The molecule has 0 radical (unpaired) electrons. The van der Waals surface area contributed by atoms with Crippen molar-refractivity contribution in [1.29, 1.82) is 0 Å². The number of hydrogen-bond acceptors (Lipinski definition) is 2. The van der Waals surface area contributed by atoms with Crippen LogP contribution in [0.2, 0.25) is 0 Å². The molecule has 0 saturated heterocycles. The molecule has 4 nitrogen and oxygen atoms in total. The van der Waals surface area contributed by atoms with E-state index in [0.29, 0.717) is 0 Å². The summed E-state index contributed by atoms with van der Waals surface area (Å²) in [5, 5.41) is 17.5. The van der Waals surface area contributed by atoms with Crippen LogP contribution in [0.1, 0.15) is 28.7 Å². The second-order valence-electron chi connectivity index (χ2n) is 5.63. The van der Waals surface area contributed by atoms with Gasteiger partial charge in [0.05, 0.1) is 12.8 Å². The lowest BCUT2D eigenvalue weighted by Gasteiger charge is -2.05. The molecule has 0 aromatic heterocycles. The molecule has 0 aliphatic heterocycles. The van der Waals surface area contributed by atoms with Gasteiger partial charge < -0.3 is 10.2 Å². The van der Waals surface area contributed by atoms with E-state index in [1.807, 2.05) is 48.5 Å². The van der Waals surface area contributed by atoms with Crippen molar-refractivity contribution in [3.63, 3.8) is 0 Å². The number of aryl methyl sites for hydroxylation is 2. The zero-order valence-electron chi connectivity index (χ0n) is 12.9.